The number of hydrogen-bond donors (Lipinski definition) is 1. The van der Waals surface area contributed by atoms with Crippen molar-refractivity contribution in [3.63, 3.8) is 0 Å². The zero-order chi connectivity index (χ0) is 9.97. The molecule has 5 heteroatoms. The van der Waals surface area contributed by atoms with Gasteiger partial charge in [-0.1, -0.05) is 0 Å². The van der Waals surface area contributed by atoms with E-state index in [0.29, 0.717) is 5.69 Å². The number of oxazole rings is 1. The van der Waals surface area contributed by atoms with E-state index in [9.17, 15) is 0 Å². The number of nitrogens with zero attached hydrogens (tertiary/aromatic N) is 2. The summed E-state index contributed by atoms with van der Waals surface area (Å²) < 4.78 is 10.5. The van der Waals surface area contributed by atoms with E-state index in [1.807, 2.05) is 0 Å². The van der Waals surface area contributed by atoms with Crippen LogP contribution in [0.25, 0.3) is 0 Å². The van der Waals surface area contributed by atoms with Gasteiger partial charge < -0.3 is 19.2 Å². The number of likely N-dealkylation sites (tertiary alicyclic amines) is 1. The molecular weight excluding hydrogens is 184 g/mol. The van der Waals surface area contributed by atoms with Crippen molar-refractivity contribution in [2.75, 3.05) is 20.1 Å². The third-order valence-electron chi connectivity index (χ3n) is 2.31. The summed E-state index contributed by atoms with van der Waals surface area (Å²) in [6.45, 7) is 1.83. The number of aromatic nitrogens is 1. The number of rotatable bonds is 3. The van der Waals surface area contributed by atoms with Crippen molar-refractivity contribution in [3.05, 3.63) is 12.0 Å². The molecule has 1 aliphatic heterocycles. The first kappa shape index (κ1) is 9.48. The van der Waals surface area contributed by atoms with Crippen LogP contribution in [0.4, 0.5) is 0 Å². The summed E-state index contributed by atoms with van der Waals surface area (Å²) in [6.07, 6.45) is 2.82. The molecule has 1 atom stereocenters. The van der Waals surface area contributed by atoms with Crippen LogP contribution in [0.5, 0.6) is 6.08 Å². The Morgan fingerprint density at radius 2 is 2.64 bits per heavy atom. The lowest BCUT2D eigenvalue weighted by Crippen LogP contribution is -2.21. The number of aliphatic hydroxyl groups is 1. The van der Waals surface area contributed by atoms with Gasteiger partial charge in [-0.2, -0.15) is 4.98 Å². The molecule has 1 N–H and O–H groups in total. The summed E-state index contributed by atoms with van der Waals surface area (Å²) in [5, 5.41) is 8.77. The van der Waals surface area contributed by atoms with Crippen LogP contribution in [0, 0.1) is 0 Å². The van der Waals surface area contributed by atoms with E-state index in [0.717, 1.165) is 19.5 Å². The van der Waals surface area contributed by atoms with Gasteiger partial charge in [-0.25, -0.2) is 0 Å². The molecule has 0 aliphatic carbocycles. The normalized spacial score (nSPS) is 22.9. The van der Waals surface area contributed by atoms with Crippen molar-refractivity contribution in [1.82, 2.24) is 9.88 Å². The predicted octanol–water partition coefficient (Wildman–Crippen LogP) is 0.250. The van der Waals surface area contributed by atoms with Crippen LogP contribution < -0.4 is 4.74 Å². The van der Waals surface area contributed by atoms with Crippen molar-refractivity contribution < 1.29 is 14.3 Å². The fourth-order valence-electron chi connectivity index (χ4n) is 1.55. The molecule has 1 fully saturated rings. The Morgan fingerprint density at radius 3 is 3.21 bits per heavy atom. The first-order valence-electron chi connectivity index (χ1n) is 4.68. The van der Waals surface area contributed by atoms with E-state index in [4.69, 9.17) is 14.3 Å². The van der Waals surface area contributed by atoms with Gasteiger partial charge in [0.15, 0.2) is 0 Å². The second-order valence-electron chi connectivity index (χ2n) is 3.55. The summed E-state index contributed by atoms with van der Waals surface area (Å²) in [7, 11) is 2.05. The van der Waals surface area contributed by atoms with Crippen LogP contribution in [-0.4, -0.2) is 41.2 Å². The van der Waals surface area contributed by atoms with Gasteiger partial charge in [0.2, 0.25) is 0 Å². The highest BCUT2D eigenvalue weighted by Gasteiger charge is 2.22. The average molecular weight is 198 g/mol. The van der Waals surface area contributed by atoms with Crippen LogP contribution in [0.15, 0.2) is 10.7 Å². The van der Waals surface area contributed by atoms with Crippen molar-refractivity contribution in [2.24, 2.45) is 0 Å². The lowest BCUT2D eigenvalue weighted by molar-refractivity contribution is 0.153. The number of aliphatic hydroxyl groups excluding tert-OH is 1. The maximum atomic E-state index is 8.77. The number of likely N-dealkylation sites (N-methyl/N-ethyl adjacent to an activating group) is 1. The van der Waals surface area contributed by atoms with Crippen LogP contribution >= 0.6 is 0 Å². The standard InChI is InChI=1S/C9H14N2O3/c1-11-3-2-8(4-11)14-9-10-7(5-12)6-13-9/h6,8,12H,2-5H2,1H3. The lowest BCUT2D eigenvalue weighted by atomic mass is 10.3. The minimum atomic E-state index is -0.114. The summed E-state index contributed by atoms with van der Waals surface area (Å²) >= 11 is 0. The van der Waals surface area contributed by atoms with E-state index in [1.54, 1.807) is 0 Å². The first-order valence-corrected chi connectivity index (χ1v) is 4.68. The molecule has 1 aromatic heterocycles. The molecule has 2 heterocycles. The van der Waals surface area contributed by atoms with Crippen LogP contribution in [-0.2, 0) is 6.61 Å². The Kier molecular flexibility index (Phi) is 2.69. The summed E-state index contributed by atoms with van der Waals surface area (Å²) in [6, 6.07) is 0. The van der Waals surface area contributed by atoms with E-state index in [1.165, 1.54) is 6.26 Å². The first-order chi connectivity index (χ1) is 6.78. The monoisotopic (exact) mass is 198 g/mol. The fourth-order valence-corrected chi connectivity index (χ4v) is 1.55. The molecule has 0 radical (unpaired) electrons. The summed E-state index contributed by atoms with van der Waals surface area (Å²) in [5.41, 5.74) is 0.506. The summed E-state index contributed by atoms with van der Waals surface area (Å²) in [5.74, 6) is 0. The predicted molar refractivity (Wildman–Crippen MR) is 49.0 cm³/mol. The second-order valence-corrected chi connectivity index (χ2v) is 3.55. The van der Waals surface area contributed by atoms with Crippen LogP contribution in [0.2, 0.25) is 0 Å². The lowest BCUT2D eigenvalue weighted by Gasteiger charge is -2.09. The van der Waals surface area contributed by atoms with Gasteiger partial charge in [0, 0.05) is 13.1 Å². The largest absolute Gasteiger partial charge is 0.445 e. The van der Waals surface area contributed by atoms with Crippen molar-refractivity contribution in [3.8, 4) is 6.08 Å². The Labute approximate surface area is 82.3 Å². The molecule has 0 amide bonds. The molecule has 5 nitrogen and oxygen atoms in total. The molecule has 1 unspecified atom stereocenters. The van der Waals surface area contributed by atoms with E-state index in [2.05, 4.69) is 16.9 Å². The SMILES string of the molecule is CN1CCC(Oc2nc(CO)co2)C1. The van der Waals surface area contributed by atoms with Gasteiger partial charge in [-0.3, -0.25) is 0 Å². The van der Waals surface area contributed by atoms with Crippen LogP contribution in [0.1, 0.15) is 12.1 Å². The van der Waals surface area contributed by atoms with Crippen molar-refractivity contribution >= 4 is 0 Å². The Morgan fingerprint density at radius 1 is 1.79 bits per heavy atom. The maximum Gasteiger partial charge on any atom is 0.394 e. The molecule has 0 bridgehead atoms. The molecule has 0 aromatic carbocycles. The van der Waals surface area contributed by atoms with E-state index < -0.39 is 0 Å². The van der Waals surface area contributed by atoms with Gasteiger partial charge in [0.25, 0.3) is 0 Å². The number of ether oxygens (including phenoxy) is 1. The second kappa shape index (κ2) is 3.98. The molecule has 0 saturated carbocycles. The Bertz CT molecular complexity index is 300. The smallest absolute Gasteiger partial charge is 0.394 e. The third-order valence-corrected chi connectivity index (χ3v) is 2.31. The quantitative estimate of drug-likeness (QED) is 0.754. The Balaban J connectivity index is 1.90. The molecule has 1 saturated heterocycles. The third kappa shape index (κ3) is 2.05. The molecule has 2 rings (SSSR count). The molecule has 78 valence electrons. The molecule has 14 heavy (non-hydrogen) atoms. The zero-order valence-electron chi connectivity index (χ0n) is 8.14. The highest BCUT2D eigenvalue weighted by atomic mass is 16.6. The zero-order valence-corrected chi connectivity index (χ0v) is 8.14. The van der Waals surface area contributed by atoms with Crippen LogP contribution in [0.3, 0.4) is 0 Å². The topological polar surface area (TPSA) is 58.7 Å². The maximum absolute atomic E-state index is 8.77. The highest BCUT2D eigenvalue weighted by molar-refractivity contribution is 4.99. The molecule has 0 spiro atoms. The molecule has 1 aliphatic rings. The van der Waals surface area contributed by atoms with E-state index >= 15 is 0 Å². The number of hydrogen-bond acceptors (Lipinski definition) is 5. The van der Waals surface area contributed by atoms with Gasteiger partial charge in [0.05, 0.1) is 6.61 Å². The van der Waals surface area contributed by atoms with Crippen molar-refractivity contribution in [2.45, 2.75) is 19.1 Å². The molecule has 1 aromatic rings. The fraction of sp³-hybridized carbons (Fsp3) is 0.667. The van der Waals surface area contributed by atoms with Gasteiger partial charge in [-0.05, 0) is 13.5 Å². The molecular formula is C9H14N2O3. The van der Waals surface area contributed by atoms with Gasteiger partial charge in [0.1, 0.15) is 18.1 Å². The Hall–Kier alpha value is -1.07. The average Bonchev–Trinajstić information content (AvgIpc) is 2.76. The minimum absolute atomic E-state index is 0.114. The summed E-state index contributed by atoms with van der Waals surface area (Å²) in [4.78, 5) is 6.15. The van der Waals surface area contributed by atoms with Gasteiger partial charge in [-0.15, -0.1) is 0 Å². The van der Waals surface area contributed by atoms with Crippen molar-refractivity contribution in [1.29, 1.82) is 0 Å². The van der Waals surface area contributed by atoms with Gasteiger partial charge >= 0.3 is 6.08 Å². The minimum Gasteiger partial charge on any atom is -0.445 e. The highest BCUT2D eigenvalue weighted by Crippen LogP contribution is 2.16. The van der Waals surface area contributed by atoms with E-state index in [-0.39, 0.29) is 18.8 Å².